The molecule has 2 nitrogen and oxygen atoms in total. The summed E-state index contributed by atoms with van der Waals surface area (Å²) in [7, 11) is 2.09. The highest BCUT2D eigenvalue weighted by Crippen LogP contribution is 2.05. The minimum atomic E-state index is 0.602. The first-order chi connectivity index (χ1) is 6.59. The van der Waals surface area contributed by atoms with Gasteiger partial charge in [-0.3, -0.25) is 0 Å². The van der Waals surface area contributed by atoms with Crippen molar-refractivity contribution < 1.29 is 0 Å². The van der Waals surface area contributed by atoms with Crippen molar-refractivity contribution in [1.82, 2.24) is 9.88 Å². The summed E-state index contributed by atoms with van der Waals surface area (Å²) in [5, 5.41) is 3.54. The van der Waals surface area contributed by atoms with E-state index in [1.807, 2.05) is 0 Å². The third kappa shape index (κ3) is 3.54. The fourth-order valence-electron chi connectivity index (χ4n) is 1.75. The number of rotatable bonds is 5. The van der Waals surface area contributed by atoms with Crippen LogP contribution in [0.1, 0.15) is 32.9 Å². The molecule has 1 unspecified atom stereocenters. The second kappa shape index (κ2) is 5.20. The van der Waals surface area contributed by atoms with Crippen LogP contribution in [-0.2, 0) is 13.6 Å². The highest BCUT2D eigenvalue weighted by Gasteiger charge is 2.04. The molecule has 0 aliphatic rings. The minimum Gasteiger partial charge on any atom is -0.353 e. The van der Waals surface area contributed by atoms with E-state index in [0.29, 0.717) is 6.04 Å². The summed E-state index contributed by atoms with van der Waals surface area (Å²) in [6.45, 7) is 7.75. The topological polar surface area (TPSA) is 17.0 Å². The zero-order valence-electron chi connectivity index (χ0n) is 9.75. The molecule has 80 valence electrons. The largest absolute Gasteiger partial charge is 0.353 e. The Kier molecular flexibility index (Phi) is 4.21. The normalized spacial score (nSPS) is 13.5. The standard InChI is InChI=1S/C12H22N2/c1-10(2)8-11(3)13-9-12-6-5-7-14(12)4/h5-7,10-11,13H,8-9H2,1-4H3. The average Bonchev–Trinajstić information content (AvgIpc) is 2.46. The van der Waals surface area contributed by atoms with Gasteiger partial charge < -0.3 is 9.88 Å². The summed E-state index contributed by atoms with van der Waals surface area (Å²) in [6.07, 6.45) is 3.33. The fraction of sp³-hybridized carbons (Fsp3) is 0.667. The van der Waals surface area contributed by atoms with Gasteiger partial charge in [0.05, 0.1) is 0 Å². The zero-order chi connectivity index (χ0) is 10.6. The molecule has 0 saturated heterocycles. The number of nitrogens with one attached hydrogen (secondary N) is 1. The van der Waals surface area contributed by atoms with Gasteiger partial charge in [0.1, 0.15) is 0 Å². The van der Waals surface area contributed by atoms with E-state index in [4.69, 9.17) is 0 Å². The molecule has 1 aromatic rings. The summed E-state index contributed by atoms with van der Waals surface area (Å²) in [5.74, 6) is 0.769. The number of aryl methyl sites for hydroxylation is 1. The Bertz CT molecular complexity index is 263. The van der Waals surface area contributed by atoms with Crippen molar-refractivity contribution in [2.45, 2.75) is 39.8 Å². The minimum absolute atomic E-state index is 0.602. The van der Waals surface area contributed by atoms with Gasteiger partial charge in [-0.15, -0.1) is 0 Å². The van der Waals surface area contributed by atoms with Crippen LogP contribution in [0.5, 0.6) is 0 Å². The third-order valence-electron chi connectivity index (χ3n) is 2.51. The summed E-state index contributed by atoms with van der Waals surface area (Å²) >= 11 is 0. The molecule has 0 bridgehead atoms. The first-order valence-electron chi connectivity index (χ1n) is 5.43. The SMILES string of the molecule is CC(C)CC(C)NCc1cccn1C. The molecule has 0 aromatic carbocycles. The molecular weight excluding hydrogens is 172 g/mol. The van der Waals surface area contributed by atoms with E-state index in [9.17, 15) is 0 Å². The van der Waals surface area contributed by atoms with Crippen LogP contribution in [-0.4, -0.2) is 10.6 Å². The zero-order valence-corrected chi connectivity index (χ0v) is 9.75. The highest BCUT2D eigenvalue weighted by atomic mass is 15.0. The van der Waals surface area contributed by atoms with Crippen LogP contribution in [0.4, 0.5) is 0 Å². The van der Waals surface area contributed by atoms with Crippen LogP contribution in [0.2, 0.25) is 0 Å². The number of nitrogens with zero attached hydrogens (tertiary/aromatic N) is 1. The lowest BCUT2D eigenvalue weighted by molar-refractivity contribution is 0.437. The van der Waals surface area contributed by atoms with Gasteiger partial charge in [0.25, 0.3) is 0 Å². The molecule has 1 heterocycles. The Morgan fingerprint density at radius 1 is 1.36 bits per heavy atom. The smallest absolute Gasteiger partial charge is 0.0361 e. The van der Waals surface area contributed by atoms with Crippen molar-refractivity contribution in [1.29, 1.82) is 0 Å². The van der Waals surface area contributed by atoms with Gasteiger partial charge in [0.15, 0.2) is 0 Å². The first kappa shape index (κ1) is 11.3. The molecule has 0 aliphatic heterocycles. The summed E-state index contributed by atoms with van der Waals surface area (Å²) in [6, 6.07) is 4.85. The second-order valence-corrected chi connectivity index (χ2v) is 4.52. The van der Waals surface area contributed by atoms with Gasteiger partial charge in [-0.25, -0.2) is 0 Å². The van der Waals surface area contributed by atoms with Crippen molar-refractivity contribution in [3.63, 3.8) is 0 Å². The van der Waals surface area contributed by atoms with Crippen LogP contribution < -0.4 is 5.32 Å². The summed E-state index contributed by atoms with van der Waals surface area (Å²) in [4.78, 5) is 0. The number of hydrogen-bond acceptors (Lipinski definition) is 1. The third-order valence-corrected chi connectivity index (χ3v) is 2.51. The molecule has 2 heteroatoms. The molecule has 1 rings (SSSR count). The van der Waals surface area contributed by atoms with Gasteiger partial charge >= 0.3 is 0 Å². The Morgan fingerprint density at radius 3 is 2.57 bits per heavy atom. The molecular formula is C12H22N2. The van der Waals surface area contributed by atoms with E-state index in [1.165, 1.54) is 12.1 Å². The van der Waals surface area contributed by atoms with Crippen LogP contribution in [0.3, 0.4) is 0 Å². The van der Waals surface area contributed by atoms with Crippen molar-refractivity contribution >= 4 is 0 Å². The van der Waals surface area contributed by atoms with Crippen molar-refractivity contribution in [2.24, 2.45) is 13.0 Å². The Labute approximate surface area is 87.3 Å². The molecule has 0 amide bonds. The van der Waals surface area contributed by atoms with Gasteiger partial charge in [0.2, 0.25) is 0 Å². The van der Waals surface area contributed by atoms with Gasteiger partial charge in [-0.05, 0) is 31.4 Å². The van der Waals surface area contributed by atoms with E-state index in [2.05, 4.69) is 56.0 Å². The molecule has 0 fully saturated rings. The molecule has 0 radical (unpaired) electrons. The van der Waals surface area contributed by atoms with Crippen LogP contribution >= 0.6 is 0 Å². The van der Waals surface area contributed by atoms with E-state index >= 15 is 0 Å². The van der Waals surface area contributed by atoms with Gasteiger partial charge in [-0.2, -0.15) is 0 Å². The monoisotopic (exact) mass is 194 g/mol. The lowest BCUT2D eigenvalue weighted by Gasteiger charge is -2.16. The van der Waals surface area contributed by atoms with Crippen molar-refractivity contribution in [3.8, 4) is 0 Å². The van der Waals surface area contributed by atoms with Gasteiger partial charge in [-0.1, -0.05) is 13.8 Å². The Hall–Kier alpha value is -0.760. The molecule has 0 saturated carbocycles. The number of aromatic nitrogens is 1. The van der Waals surface area contributed by atoms with Crippen molar-refractivity contribution in [2.75, 3.05) is 0 Å². The second-order valence-electron chi connectivity index (χ2n) is 4.52. The molecule has 14 heavy (non-hydrogen) atoms. The lowest BCUT2D eigenvalue weighted by Crippen LogP contribution is -2.27. The molecule has 1 atom stereocenters. The molecule has 1 aromatic heterocycles. The average molecular weight is 194 g/mol. The fourth-order valence-corrected chi connectivity index (χ4v) is 1.75. The lowest BCUT2D eigenvalue weighted by atomic mass is 10.1. The van der Waals surface area contributed by atoms with Crippen LogP contribution in [0, 0.1) is 5.92 Å². The first-order valence-corrected chi connectivity index (χ1v) is 5.43. The Morgan fingerprint density at radius 2 is 2.07 bits per heavy atom. The molecule has 0 spiro atoms. The van der Waals surface area contributed by atoms with Crippen LogP contribution in [0.15, 0.2) is 18.3 Å². The van der Waals surface area contributed by atoms with Gasteiger partial charge in [0, 0.05) is 31.5 Å². The maximum Gasteiger partial charge on any atom is 0.0361 e. The maximum absolute atomic E-state index is 3.54. The quantitative estimate of drug-likeness (QED) is 0.762. The molecule has 1 N–H and O–H groups in total. The number of hydrogen-bond donors (Lipinski definition) is 1. The maximum atomic E-state index is 3.54. The predicted octanol–water partition coefficient (Wildman–Crippen LogP) is 2.55. The van der Waals surface area contributed by atoms with E-state index in [0.717, 1.165) is 12.5 Å². The summed E-state index contributed by atoms with van der Waals surface area (Å²) in [5.41, 5.74) is 1.35. The highest BCUT2D eigenvalue weighted by molar-refractivity contribution is 5.06. The van der Waals surface area contributed by atoms with Crippen molar-refractivity contribution in [3.05, 3.63) is 24.0 Å². The van der Waals surface area contributed by atoms with E-state index in [-0.39, 0.29) is 0 Å². The molecule has 0 aliphatic carbocycles. The predicted molar refractivity (Wildman–Crippen MR) is 61.2 cm³/mol. The van der Waals surface area contributed by atoms with E-state index in [1.54, 1.807) is 0 Å². The van der Waals surface area contributed by atoms with E-state index < -0.39 is 0 Å². The van der Waals surface area contributed by atoms with Crippen LogP contribution in [0.25, 0.3) is 0 Å². The Balaban J connectivity index is 2.30. The summed E-state index contributed by atoms with van der Waals surface area (Å²) < 4.78 is 2.16.